The second kappa shape index (κ2) is 5.32. The zero-order chi connectivity index (χ0) is 13.9. The van der Waals surface area contributed by atoms with Crippen LogP contribution in [0.3, 0.4) is 0 Å². The molecule has 0 saturated carbocycles. The molecule has 0 aliphatic rings. The number of benzene rings is 1. The van der Waals surface area contributed by atoms with Crippen LogP contribution in [0.5, 0.6) is 0 Å². The van der Waals surface area contributed by atoms with Gasteiger partial charge >= 0.3 is 0 Å². The second-order valence-electron chi connectivity index (χ2n) is 4.15. The highest BCUT2D eigenvalue weighted by Crippen LogP contribution is 2.27. The Bertz CT molecular complexity index is 488. The zero-order valence-electron chi connectivity index (χ0n) is 10.1. The summed E-state index contributed by atoms with van der Waals surface area (Å²) in [6.07, 6.45) is 0.453. The number of hydrogen-bond acceptors (Lipinski definition) is 4. The first-order valence-corrected chi connectivity index (χ1v) is 5.70. The number of anilines is 1. The molecule has 0 aliphatic carbocycles. The molecule has 98 valence electrons. The summed E-state index contributed by atoms with van der Waals surface area (Å²) in [5.74, 6) is -0.401. The normalized spacial score (nSPS) is 13.8. The van der Waals surface area contributed by atoms with E-state index in [1.54, 1.807) is 13.8 Å². The van der Waals surface area contributed by atoms with E-state index in [0.717, 1.165) is 0 Å². The summed E-state index contributed by atoms with van der Waals surface area (Å²) in [5.41, 5.74) is 4.78. The van der Waals surface area contributed by atoms with Gasteiger partial charge < -0.3 is 11.1 Å². The number of nitro benzene ring substituents is 1. The van der Waals surface area contributed by atoms with E-state index >= 15 is 0 Å². The standard InChI is InChI=1S/C11H14ClN3O3/c1-3-11(2,13)10(16)14-7-4-5-8(12)9(6-7)15(17)18/h4-6H,3,13H2,1-2H3,(H,14,16). The number of nitrogens with zero attached hydrogens (tertiary/aromatic N) is 1. The monoisotopic (exact) mass is 271 g/mol. The molecule has 0 aliphatic heterocycles. The molecule has 0 saturated heterocycles. The average molecular weight is 272 g/mol. The largest absolute Gasteiger partial charge is 0.324 e. The molecule has 0 radical (unpaired) electrons. The van der Waals surface area contributed by atoms with Crippen molar-refractivity contribution in [2.45, 2.75) is 25.8 Å². The Balaban J connectivity index is 2.96. The van der Waals surface area contributed by atoms with E-state index in [-0.39, 0.29) is 10.7 Å². The summed E-state index contributed by atoms with van der Waals surface area (Å²) in [6.45, 7) is 3.37. The maximum atomic E-state index is 11.8. The van der Waals surface area contributed by atoms with Crippen molar-refractivity contribution < 1.29 is 9.72 Å². The van der Waals surface area contributed by atoms with Crippen LogP contribution < -0.4 is 11.1 Å². The average Bonchev–Trinajstić information content (AvgIpc) is 2.31. The van der Waals surface area contributed by atoms with Crippen LogP contribution in [-0.2, 0) is 4.79 Å². The summed E-state index contributed by atoms with van der Waals surface area (Å²) in [6, 6.07) is 4.04. The van der Waals surface area contributed by atoms with Crippen LogP contribution in [-0.4, -0.2) is 16.4 Å². The SMILES string of the molecule is CCC(C)(N)C(=O)Nc1ccc(Cl)c([N+](=O)[O-])c1. The Morgan fingerprint density at radius 3 is 2.72 bits per heavy atom. The summed E-state index contributed by atoms with van der Waals surface area (Å²) < 4.78 is 0. The lowest BCUT2D eigenvalue weighted by molar-refractivity contribution is -0.384. The highest BCUT2D eigenvalue weighted by molar-refractivity contribution is 6.32. The number of nitrogens with one attached hydrogen (secondary N) is 1. The van der Waals surface area contributed by atoms with Gasteiger partial charge in [-0.25, -0.2) is 0 Å². The van der Waals surface area contributed by atoms with Crippen molar-refractivity contribution in [1.82, 2.24) is 0 Å². The van der Waals surface area contributed by atoms with Gasteiger partial charge in [0, 0.05) is 11.8 Å². The summed E-state index contributed by atoms with van der Waals surface area (Å²) in [4.78, 5) is 21.9. The first-order valence-electron chi connectivity index (χ1n) is 5.32. The van der Waals surface area contributed by atoms with Crippen molar-refractivity contribution in [3.05, 3.63) is 33.3 Å². The highest BCUT2D eigenvalue weighted by Gasteiger charge is 2.26. The number of amides is 1. The zero-order valence-corrected chi connectivity index (χ0v) is 10.8. The molecule has 1 unspecified atom stereocenters. The fourth-order valence-electron chi connectivity index (χ4n) is 1.16. The minimum atomic E-state index is -1.02. The van der Waals surface area contributed by atoms with E-state index < -0.39 is 16.4 Å². The lowest BCUT2D eigenvalue weighted by Crippen LogP contribution is -2.47. The maximum Gasteiger partial charge on any atom is 0.289 e. The minimum Gasteiger partial charge on any atom is -0.324 e. The quantitative estimate of drug-likeness (QED) is 0.648. The van der Waals surface area contributed by atoms with E-state index in [4.69, 9.17) is 17.3 Å². The Morgan fingerprint density at radius 1 is 1.61 bits per heavy atom. The third-order valence-corrected chi connectivity index (χ3v) is 2.97. The third-order valence-electron chi connectivity index (χ3n) is 2.65. The van der Waals surface area contributed by atoms with Gasteiger partial charge in [0.15, 0.2) is 0 Å². The Labute approximate surface area is 109 Å². The third kappa shape index (κ3) is 3.18. The Morgan fingerprint density at radius 2 is 2.22 bits per heavy atom. The van der Waals surface area contributed by atoms with Crippen molar-refractivity contribution in [3.63, 3.8) is 0 Å². The van der Waals surface area contributed by atoms with Gasteiger partial charge in [-0.05, 0) is 25.5 Å². The van der Waals surface area contributed by atoms with Crippen molar-refractivity contribution in [3.8, 4) is 0 Å². The molecule has 0 fully saturated rings. The molecular formula is C11H14ClN3O3. The number of hydrogen-bond donors (Lipinski definition) is 2. The molecule has 6 nitrogen and oxygen atoms in total. The fourth-order valence-corrected chi connectivity index (χ4v) is 1.35. The molecule has 0 bridgehead atoms. The molecule has 18 heavy (non-hydrogen) atoms. The summed E-state index contributed by atoms with van der Waals surface area (Å²) in [5, 5.41) is 13.2. The molecule has 1 aromatic rings. The van der Waals surface area contributed by atoms with E-state index in [2.05, 4.69) is 5.32 Å². The lowest BCUT2D eigenvalue weighted by Gasteiger charge is -2.21. The van der Waals surface area contributed by atoms with Crippen LogP contribution in [0.2, 0.25) is 5.02 Å². The number of nitro groups is 1. The predicted molar refractivity (Wildman–Crippen MR) is 69.6 cm³/mol. The van der Waals surface area contributed by atoms with E-state index in [1.807, 2.05) is 0 Å². The van der Waals surface area contributed by atoms with Crippen LogP contribution >= 0.6 is 11.6 Å². The fraction of sp³-hybridized carbons (Fsp3) is 0.364. The minimum absolute atomic E-state index is 0.0176. The second-order valence-corrected chi connectivity index (χ2v) is 4.56. The van der Waals surface area contributed by atoms with Gasteiger partial charge in [-0.15, -0.1) is 0 Å². The van der Waals surface area contributed by atoms with Gasteiger partial charge in [-0.2, -0.15) is 0 Å². The highest BCUT2D eigenvalue weighted by atomic mass is 35.5. The predicted octanol–water partition coefficient (Wildman–Crippen LogP) is 2.31. The molecule has 1 atom stereocenters. The topological polar surface area (TPSA) is 98.3 Å². The molecule has 0 aromatic heterocycles. The molecule has 1 amide bonds. The molecule has 0 spiro atoms. The van der Waals surface area contributed by atoms with Gasteiger partial charge in [0.1, 0.15) is 5.02 Å². The van der Waals surface area contributed by atoms with Gasteiger partial charge in [-0.1, -0.05) is 18.5 Å². The number of carbonyl (C=O) groups is 1. The first-order chi connectivity index (χ1) is 8.27. The Kier molecular flexibility index (Phi) is 4.26. The smallest absolute Gasteiger partial charge is 0.289 e. The molecule has 1 aromatic carbocycles. The number of nitrogens with two attached hydrogens (primary N) is 1. The summed E-state index contributed by atoms with van der Waals surface area (Å²) in [7, 11) is 0. The van der Waals surface area contributed by atoms with Gasteiger partial charge in [-0.3, -0.25) is 14.9 Å². The maximum absolute atomic E-state index is 11.8. The first kappa shape index (κ1) is 14.4. The van der Waals surface area contributed by atoms with Crippen LogP contribution in [0.1, 0.15) is 20.3 Å². The van der Waals surface area contributed by atoms with Crippen molar-refractivity contribution in [1.29, 1.82) is 0 Å². The molecule has 7 heteroatoms. The van der Waals surface area contributed by atoms with Crippen molar-refractivity contribution in [2.24, 2.45) is 5.73 Å². The lowest BCUT2D eigenvalue weighted by atomic mass is 9.99. The van der Waals surface area contributed by atoms with Gasteiger partial charge in [0.25, 0.3) is 5.69 Å². The van der Waals surface area contributed by atoms with Crippen LogP contribution in [0.4, 0.5) is 11.4 Å². The molecule has 1 rings (SSSR count). The van der Waals surface area contributed by atoms with Gasteiger partial charge in [0.2, 0.25) is 5.91 Å². The molecule has 0 heterocycles. The van der Waals surface area contributed by atoms with Crippen molar-refractivity contribution >= 4 is 28.9 Å². The van der Waals surface area contributed by atoms with Crippen LogP contribution in [0, 0.1) is 10.1 Å². The number of halogens is 1. The number of carbonyl (C=O) groups excluding carboxylic acids is 1. The Hall–Kier alpha value is -1.66. The van der Waals surface area contributed by atoms with Crippen molar-refractivity contribution in [2.75, 3.05) is 5.32 Å². The van der Waals surface area contributed by atoms with E-state index in [0.29, 0.717) is 12.1 Å². The van der Waals surface area contributed by atoms with Crippen LogP contribution in [0.15, 0.2) is 18.2 Å². The van der Waals surface area contributed by atoms with Crippen LogP contribution in [0.25, 0.3) is 0 Å². The number of rotatable bonds is 4. The van der Waals surface area contributed by atoms with Gasteiger partial charge in [0.05, 0.1) is 10.5 Å². The molecule has 3 N–H and O–H groups in total. The van der Waals surface area contributed by atoms with E-state index in [9.17, 15) is 14.9 Å². The van der Waals surface area contributed by atoms with E-state index in [1.165, 1.54) is 18.2 Å². The summed E-state index contributed by atoms with van der Waals surface area (Å²) >= 11 is 5.67. The molecular weight excluding hydrogens is 258 g/mol.